The molecule has 3 heteroatoms. The molecule has 7 heavy (non-hydrogen) atoms. The van der Waals surface area contributed by atoms with Crippen LogP contribution in [0.4, 0.5) is 0 Å². The SMILES string of the molecule is CNPCN(C)C. The Morgan fingerprint density at radius 1 is 1.57 bits per heavy atom. The molecule has 0 spiro atoms. The fourth-order valence-corrected chi connectivity index (χ4v) is 0.712. The average Bonchev–Trinajstić information content (AvgIpc) is 1.61. The smallest absolute Gasteiger partial charge is 0.0282 e. The highest BCUT2D eigenvalue weighted by Gasteiger charge is 1.82. The lowest BCUT2D eigenvalue weighted by Crippen LogP contribution is -2.11. The number of nitrogens with one attached hydrogen (secondary N) is 1. The predicted octanol–water partition coefficient (Wildman–Crippen LogP) is 0.318. The maximum Gasteiger partial charge on any atom is 0.0282 e. The predicted molar refractivity (Wildman–Crippen MR) is 35.9 cm³/mol. The van der Waals surface area contributed by atoms with Gasteiger partial charge >= 0.3 is 0 Å². The first kappa shape index (κ1) is 7.35. The van der Waals surface area contributed by atoms with Crippen molar-refractivity contribution in [2.75, 3.05) is 27.4 Å². The Balaban J connectivity index is 2.68. The summed E-state index contributed by atoms with van der Waals surface area (Å²) >= 11 is 0. The van der Waals surface area contributed by atoms with E-state index in [4.69, 9.17) is 0 Å². The zero-order valence-electron chi connectivity index (χ0n) is 5.15. The number of hydrogen-bond acceptors (Lipinski definition) is 2. The van der Waals surface area contributed by atoms with Crippen LogP contribution in [-0.4, -0.2) is 32.3 Å². The molecule has 0 aromatic rings. The quantitative estimate of drug-likeness (QED) is 0.539. The van der Waals surface area contributed by atoms with Crippen LogP contribution in [0.15, 0.2) is 0 Å². The molecule has 0 bridgehead atoms. The summed E-state index contributed by atoms with van der Waals surface area (Å²) in [5, 5.41) is 3.09. The topological polar surface area (TPSA) is 15.3 Å². The van der Waals surface area contributed by atoms with E-state index in [1.165, 1.54) is 0 Å². The molecule has 1 unspecified atom stereocenters. The minimum Gasteiger partial charge on any atom is -0.304 e. The maximum absolute atomic E-state index is 3.09. The normalized spacial score (nSPS) is 12.0. The first-order valence-electron chi connectivity index (χ1n) is 2.31. The van der Waals surface area contributed by atoms with Crippen LogP contribution in [0.1, 0.15) is 0 Å². The molecule has 0 fully saturated rings. The third kappa shape index (κ3) is 6.35. The Hall–Kier alpha value is 0.350. The van der Waals surface area contributed by atoms with Gasteiger partial charge in [0.05, 0.1) is 0 Å². The second-order valence-corrected chi connectivity index (χ2v) is 2.83. The van der Waals surface area contributed by atoms with E-state index >= 15 is 0 Å². The molecule has 0 aromatic carbocycles. The van der Waals surface area contributed by atoms with Crippen LogP contribution in [0.5, 0.6) is 0 Å². The summed E-state index contributed by atoms with van der Waals surface area (Å²) < 4.78 is 0. The lowest BCUT2D eigenvalue weighted by Gasteiger charge is -2.06. The van der Waals surface area contributed by atoms with Crippen molar-refractivity contribution in [3.8, 4) is 0 Å². The van der Waals surface area contributed by atoms with Gasteiger partial charge in [0, 0.05) is 6.29 Å². The molecule has 1 N–H and O–H groups in total. The highest BCUT2D eigenvalue weighted by Crippen LogP contribution is 1.99. The third-order valence-electron chi connectivity index (χ3n) is 0.572. The van der Waals surface area contributed by atoms with Crippen molar-refractivity contribution >= 4 is 8.73 Å². The Morgan fingerprint density at radius 3 is 2.29 bits per heavy atom. The molecule has 1 atom stereocenters. The van der Waals surface area contributed by atoms with E-state index in [0.717, 1.165) is 15.0 Å². The van der Waals surface area contributed by atoms with E-state index in [2.05, 4.69) is 24.1 Å². The minimum absolute atomic E-state index is 0.871. The van der Waals surface area contributed by atoms with Gasteiger partial charge in [0.1, 0.15) is 0 Å². The van der Waals surface area contributed by atoms with Crippen molar-refractivity contribution in [1.29, 1.82) is 0 Å². The van der Waals surface area contributed by atoms with E-state index in [0.29, 0.717) is 0 Å². The van der Waals surface area contributed by atoms with Gasteiger partial charge in [-0.05, 0) is 29.9 Å². The second-order valence-electron chi connectivity index (χ2n) is 1.66. The first-order chi connectivity index (χ1) is 3.27. The van der Waals surface area contributed by atoms with Crippen LogP contribution in [0.3, 0.4) is 0 Å². The lowest BCUT2D eigenvalue weighted by atomic mass is 11.0. The van der Waals surface area contributed by atoms with Crippen LogP contribution in [0.25, 0.3) is 0 Å². The molecule has 44 valence electrons. The van der Waals surface area contributed by atoms with Gasteiger partial charge < -0.3 is 9.99 Å². The molecule has 0 saturated carbocycles. The van der Waals surface area contributed by atoms with E-state index in [9.17, 15) is 0 Å². The highest BCUT2D eigenvalue weighted by molar-refractivity contribution is 7.35. The van der Waals surface area contributed by atoms with Crippen LogP contribution in [0, 0.1) is 0 Å². The van der Waals surface area contributed by atoms with E-state index < -0.39 is 0 Å². The van der Waals surface area contributed by atoms with Crippen molar-refractivity contribution in [2.45, 2.75) is 0 Å². The summed E-state index contributed by atoms with van der Waals surface area (Å²) in [6.07, 6.45) is 1.15. The van der Waals surface area contributed by atoms with Crippen LogP contribution in [0.2, 0.25) is 0 Å². The van der Waals surface area contributed by atoms with E-state index in [-0.39, 0.29) is 0 Å². The summed E-state index contributed by atoms with van der Waals surface area (Å²) in [4.78, 5) is 2.16. The summed E-state index contributed by atoms with van der Waals surface area (Å²) in [7, 11) is 6.99. The summed E-state index contributed by atoms with van der Waals surface area (Å²) in [5.41, 5.74) is 0. The van der Waals surface area contributed by atoms with Crippen molar-refractivity contribution < 1.29 is 0 Å². The molecule has 0 aliphatic carbocycles. The van der Waals surface area contributed by atoms with Gasteiger partial charge in [0.25, 0.3) is 0 Å². The fraction of sp³-hybridized carbons (Fsp3) is 1.00. The third-order valence-corrected chi connectivity index (χ3v) is 1.72. The lowest BCUT2D eigenvalue weighted by molar-refractivity contribution is 0.482. The van der Waals surface area contributed by atoms with Crippen molar-refractivity contribution in [3.63, 3.8) is 0 Å². The summed E-state index contributed by atoms with van der Waals surface area (Å²) in [5.74, 6) is 0. The Morgan fingerprint density at radius 2 is 2.14 bits per heavy atom. The van der Waals surface area contributed by atoms with Crippen LogP contribution < -0.4 is 5.09 Å². The first-order valence-corrected chi connectivity index (χ1v) is 3.52. The van der Waals surface area contributed by atoms with Gasteiger partial charge in [-0.3, -0.25) is 0 Å². The summed E-state index contributed by atoms with van der Waals surface area (Å²) in [6, 6.07) is 0. The van der Waals surface area contributed by atoms with Gasteiger partial charge in [-0.25, -0.2) is 0 Å². The van der Waals surface area contributed by atoms with Gasteiger partial charge in [0.2, 0.25) is 0 Å². The standard InChI is InChI=1S/C4H13N2P/c1-5-7-4-6(2)3/h5,7H,4H2,1-3H3. The molecular weight excluding hydrogens is 107 g/mol. The molecule has 0 aliphatic rings. The van der Waals surface area contributed by atoms with Gasteiger partial charge in [0.15, 0.2) is 0 Å². The van der Waals surface area contributed by atoms with Crippen molar-refractivity contribution in [3.05, 3.63) is 0 Å². The van der Waals surface area contributed by atoms with E-state index in [1.54, 1.807) is 0 Å². The Bertz CT molecular complexity index is 38.7. The average molecular weight is 120 g/mol. The van der Waals surface area contributed by atoms with E-state index in [1.807, 2.05) is 7.05 Å². The fourth-order valence-electron chi connectivity index (χ4n) is 0.237. The molecule has 2 nitrogen and oxygen atoms in total. The molecule has 0 radical (unpaired) electrons. The Kier molecular flexibility index (Phi) is 4.73. The number of hydrogen-bond donors (Lipinski definition) is 1. The molecule has 0 saturated heterocycles. The minimum atomic E-state index is 0.871. The molecule has 0 aliphatic heterocycles. The highest BCUT2D eigenvalue weighted by atomic mass is 31.1. The Labute approximate surface area is 47.1 Å². The molecule has 0 rings (SSSR count). The number of rotatable bonds is 3. The zero-order valence-corrected chi connectivity index (χ0v) is 6.15. The van der Waals surface area contributed by atoms with Gasteiger partial charge in [-0.2, -0.15) is 0 Å². The number of nitrogens with zero attached hydrogens (tertiary/aromatic N) is 1. The molecule has 0 heterocycles. The largest absolute Gasteiger partial charge is 0.304 e. The zero-order chi connectivity index (χ0) is 5.70. The maximum atomic E-state index is 3.09. The van der Waals surface area contributed by atoms with Crippen LogP contribution in [-0.2, 0) is 0 Å². The van der Waals surface area contributed by atoms with Crippen molar-refractivity contribution in [2.24, 2.45) is 0 Å². The second kappa shape index (κ2) is 4.51. The molecule has 0 aromatic heterocycles. The van der Waals surface area contributed by atoms with Gasteiger partial charge in [-0.1, -0.05) is 0 Å². The van der Waals surface area contributed by atoms with Crippen LogP contribution >= 0.6 is 8.73 Å². The van der Waals surface area contributed by atoms with Crippen molar-refractivity contribution in [1.82, 2.24) is 9.99 Å². The summed E-state index contributed by atoms with van der Waals surface area (Å²) in [6.45, 7) is 0. The van der Waals surface area contributed by atoms with Gasteiger partial charge in [-0.15, -0.1) is 0 Å². The monoisotopic (exact) mass is 120 g/mol. The molecule has 0 amide bonds. The molecular formula is C4H13N2P.